The van der Waals surface area contributed by atoms with E-state index in [-0.39, 0.29) is 7.48 Å². The van der Waals surface area contributed by atoms with Crippen molar-refractivity contribution in [1.29, 1.82) is 0 Å². The van der Waals surface area contributed by atoms with E-state index in [4.69, 9.17) is 9.99 Å². The zero-order valence-electron chi connectivity index (χ0n) is 8.13. The Morgan fingerprint density at radius 3 is 2.15 bits per heavy atom. The average Bonchev–Trinajstić information content (AvgIpc) is 2.11. The predicted octanol–water partition coefficient (Wildman–Crippen LogP) is 0.778. The van der Waals surface area contributed by atoms with E-state index in [0.717, 1.165) is 22.3 Å². The zero-order chi connectivity index (χ0) is 9.84. The molecule has 0 bridgehead atoms. The van der Waals surface area contributed by atoms with E-state index in [0.29, 0.717) is 0 Å². The monoisotopic (exact) mass is 180 g/mol. The first-order valence-corrected chi connectivity index (χ1v) is 4.09. The third-order valence-corrected chi connectivity index (χ3v) is 2.11. The van der Waals surface area contributed by atoms with E-state index in [9.17, 15) is 0 Å². The summed E-state index contributed by atoms with van der Waals surface area (Å²) in [6, 6.07) is 3.84. The maximum atomic E-state index is 8.36. The summed E-state index contributed by atoms with van der Waals surface area (Å²) in [5.74, 6) is 0.830. The Morgan fingerprint density at radius 2 is 1.77 bits per heavy atom. The van der Waals surface area contributed by atoms with Crippen molar-refractivity contribution in [2.75, 3.05) is 7.11 Å². The second-order valence-electron chi connectivity index (χ2n) is 3.01. The number of hydrogen-bond donors (Lipinski definition) is 1. The third kappa shape index (κ3) is 2.23. The van der Waals surface area contributed by atoms with Gasteiger partial charge in [-0.05, 0) is 31.4 Å². The molecule has 1 rings (SSSR count). The Labute approximate surface area is 78.5 Å². The van der Waals surface area contributed by atoms with Crippen LogP contribution in [0.2, 0.25) is 0 Å². The summed E-state index contributed by atoms with van der Waals surface area (Å²) in [4.78, 5) is 4.12. The molecule has 0 saturated heterocycles. The van der Waals surface area contributed by atoms with Crippen molar-refractivity contribution < 1.29 is 14.8 Å². The van der Waals surface area contributed by atoms with Crippen molar-refractivity contribution in [2.24, 2.45) is 0 Å². The van der Waals surface area contributed by atoms with Gasteiger partial charge in [0.1, 0.15) is 5.75 Å². The van der Waals surface area contributed by atoms with Crippen LogP contribution in [0.4, 0.5) is 0 Å². The molecule has 0 unspecified atom stereocenters. The largest absolute Gasteiger partial charge is 0.497 e. The van der Waals surface area contributed by atoms with Gasteiger partial charge in [-0.1, -0.05) is 11.1 Å². The number of hydrogen-bond acceptors (Lipinski definition) is 3. The molecule has 0 aliphatic carbocycles. The molecule has 0 aliphatic heterocycles. The van der Waals surface area contributed by atoms with Gasteiger partial charge in [-0.15, -0.1) is 0 Å². The molecule has 0 aliphatic rings. The molecule has 70 valence electrons. The predicted molar refractivity (Wildman–Crippen MR) is 53.0 cm³/mol. The first kappa shape index (κ1) is 10.1. The molecule has 1 N–H and O–H groups in total. The van der Waals surface area contributed by atoms with Gasteiger partial charge in [-0.3, -0.25) is 5.26 Å². The van der Waals surface area contributed by atoms with E-state index < -0.39 is 0 Å². The molecule has 4 heteroatoms. The molecule has 1 aromatic rings. The molecule has 0 spiro atoms. The highest BCUT2D eigenvalue weighted by Gasteiger charge is 2.07. The van der Waals surface area contributed by atoms with Crippen LogP contribution in [0.15, 0.2) is 12.1 Å². The first-order valence-electron chi connectivity index (χ1n) is 4.09. The van der Waals surface area contributed by atoms with E-state index >= 15 is 0 Å². The van der Waals surface area contributed by atoms with Crippen LogP contribution in [0.1, 0.15) is 11.1 Å². The lowest BCUT2D eigenvalue weighted by atomic mass is 9.81. The van der Waals surface area contributed by atoms with Crippen LogP contribution in [0.3, 0.4) is 0 Å². The molecule has 0 aromatic heterocycles. The maximum Gasteiger partial charge on any atom is 0.356 e. The van der Waals surface area contributed by atoms with Crippen LogP contribution >= 0.6 is 0 Å². The molecular weight excluding hydrogens is 167 g/mol. The lowest BCUT2D eigenvalue weighted by Gasteiger charge is -2.09. The number of benzene rings is 1. The fraction of sp³-hybridized carbons (Fsp3) is 0.333. The standard InChI is InChI=1S/C9H13BO3/c1-6-4-8(12-3)5-7(2)9(6)10-13-11/h4-5,10-11H,1-3H3. The summed E-state index contributed by atoms with van der Waals surface area (Å²) in [7, 11) is 1.86. The zero-order valence-corrected chi connectivity index (χ0v) is 8.13. The van der Waals surface area contributed by atoms with Crippen LogP contribution in [0.25, 0.3) is 0 Å². The molecule has 0 amide bonds. The minimum Gasteiger partial charge on any atom is -0.497 e. The highest BCUT2D eigenvalue weighted by atomic mass is 17.1. The van der Waals surface area contributed by atoms with Crippen LogP contribution < -0.4 is 10.2 Å². The Kier molecular flexibility index (Phi) is 3.34. The van der Waals surface area contributed by atoms with Crippen molar-refractivity contribution in [1.82, 2.24) is 0 Å². The van der Waals surface area contributed by atoms with Crippen molar-refractivity contribution in [2.45, 2.75) is 13.8 Å². The lowest BCUT2D eigenvalue weighted by molar-refractivity contribution is -0.135. The summed E-state index contributed by atoms with van der Waals surface area (Å²) in [5.41, 5.74) is 3.13. The van der Waals surface area contributed by atoms with E-state index in [1.165, 1.54) is 0 Å². The fourth-order valence-electron chi connectivity index (χ4n) is 1.36. The number of methoxy groups -OCH3 is 1. The summed E-state index contributed by atoms with van der Waals surface area (Å²) < 4.78 is 5.11. The Hall–Kier alpha value is -0.995. The van der Waals surface area contributed by atoms with E-state index in [1.807, 2.05) is 26.0 Å². The number of aryl methyl sites for hydroxylation is 2. The van der Waals surface area contributed by atoms with Crippen molar-refractivity contribution in [3.8, 4) is 5.75 Å². The van der Waals surface area contributed by atoms with Gasteiger partial charge in [-0.2, -0.15) is 0 Å². The van der Waals surface area contributed by atoms with Gasteiger partial charge in [0.2, 0.25) is 0 Å². The fourth-order valence-corrected chi connectivity index (χ4v) is 1.36. The van der Waals surface area contributed by atoms with Crippen molar-refractivity contribution in [3.63, 3.8) is 0 Å². The van der Waals surface area contributed by atoms with Gasteiger partial charge in [0.15, 0.2) is 0 Å². The smallest absolute Gasteiger partial charge is 0.356 e. The minimum absolute atomic E-state index is 0.224. The van der Waals surface area contributed by atoms with Crippen molar-refractivity contribution in [3.05, 3.63) is 23.3 Å². The molecule has 1 aromatic carbocycles. The number of rotatable bonds is 3. The minimum atomic E-state index is 0.224. The van der Waals surface area contributed by atoms with Crippen LogP contribution in [-0.2, 0) is 4.81 Å². The van der Waals surface area contributed by atoms with Gasteiger partial charge < -0.3 is 9.54 Å². The Balaban J connectivity index is 3.07. The second-order valence-corrected chi connectivity index (χ2v) is 3.01. The quantitative estimate of drug-likeness (QED) is 0.424. The SMILES string of the molecule is COc1cc(C)c(BOO)c(C)c1. The molecule has 0 fully saturated rings. The van der Waals surface area contributed by atoms with Crippen LogP contribution in [-0.4, -0.2) is 19.8 Å². The summed E-state index contributed by atoms with van der Waals surface area (Å²) in [6.45, 7) is 3.92. The van der Waals surface area contributed by atoms with Gasteiger partial charge in [0, 0.05) is 0 Å². The highest BCUT2D eigenvalue weighted by Crippen LogP contribution is 2.13. The summed E-state index contributed by atoms with van der Waals surface area (Å²) in [5, 5.41) is 8.36. The molecule has 0 heterocycles. The Morgan fingerprint density at radius 1 is 1.23 bits per heavy atom. The average molecular weight is 180 g/mol. The van der Waals surface area contributed by atoms with Crippen molar-refractivity contribution >= 4 is 12.9 Å². The molecule has 0 atom stereocenters. The number of ether oxygens (including phenoxy) is 1. The second kappa shape index (κ2) is 4.30. The normalized spacial score (nSPS) is 9.85. The summed E-state index contributed by atoms with van der Waals surface area (Å²) >= 11 is 0. The molecule has 0 radical (unpaired) electrons. The van der Waals surface area contributed by atoms with Crippen LogP contribution in [0, 0.1) is 13.8 Å². The summed E-state index contributed by atoms with van der Waals surface area (Å²) in [6.07, 6.45) is 0. The lowest BCUT2D eigenvalue weighted by Crippen LogP contribution is -2.22. The first-order chi connectivity index (χ1) is 6.19. The molecule has 13 heavy (non-hydrogen) atoms. The van der Waals surface area contributed by atoms with E-state index in [1.54, 1.807) is 7.11 Å². The maximum absolute atomic E-state index is 8.36. The molecule has 3 nitrogen and oxygen atoms in total. The molecular formula is C9H13BO3. The van der Waals surface area contributed by atoms with Gasteiger partial charge >= 0.3 is 7.48 Å². The van der Waals surface area contributed by atoms with Crippen LogP contribution in [0.5, 0.6) is 5.75 Å². The van der Waals surface area contributed by atoms with Gasteiger partial charge in [0.25, 0.3) is 0 Å². The topological polar surface area (TPSA) is 38.7 Å². The van der Waals surface area contributed by atoms with Gasteiger partial charge in [0.05, 0.1) is 7.11 Å². The highest BCUT2D eigenvalue weighted by molar-refractivity contribution is 6.48. The van der Waals surface area contributed by atoms with E-state index in [2.05, 4.69) is 4.81 Å². The third-order valence-electron chi connectivity index (χ3n) is 2.11. The van der Waals surface area contributed by atoms with Gasteiger partial charge in [-0.25, -0.2) is 0 Å². The Bertz CT molecular complexity index is 276. The molecule has 0 saturated carbocycles.